The number of sulfonamides is 1. The van der Waals surface area contributed by atoms with Gasteiger partial charge in [0, 0.05) is 25.9 Å². The number of rotatable bonds is 4. The first-order valence-electron chi connectivity index (χ1n) is 6.38. The average Bonchev–Trinajstić information content (AvgIpc) is 2.40. The quantitative estimate of drug-likeness (QED) is 0.886. The largest absolute Gasteiger partial charge is 0.383 e. The van der Waals surface area contributed by atoms with Crippen molar-refractivity contribution in [2.24, 2.45) is 0 Å². The third-order valence-corrected chi connectivity index (χ3v) is 5.17. The van der Waals surface area contributed by atoms with E-state index in [1.807, 2.05) is 6.92 Å². The topological polar surface area (TPSA) is 85.5 Å². The number of hydrogen-bond donors (Lipinski definition) is 1. The van der Waals surface area contributed by atoms with Gasteiger partial charge in [0.2, 0.25) is 10.0 Å². The molecule has 0 saturated carbocycles. The lowest BCUT2D eigenvalue weighted by atomic mass is 10.1. The molecule has 2 heterocycles. The summed E-state index contributed by atoms with van der Waals surface area (Å²) in [7, 11) is -3.54. The number of piperidine rings is 1. The molecule has 106 valence electrons. The predicted octanol–water partition coefficient (Wildman–Crippen LogP) is 0.853. The van der Waals surface area contributed by atoms with Gasteiger partial charge in [0.1, 0.15) is 10.7 Å². The Hall–Kier alpha value is -1.18. The number of anilines is 1. The van der Waals surface area contributed by atoms with E-state index in [0.29, 0.717) is 32.5 Å². The van der Waals surface area contributed by atoms with Gasteiger partial charge in [0.05, 0.1) is 6.10 Å². The van der Waals surface area contributed by atoms with Crippen LogP contribution in [0.15, 0.2) is 23.2 Å². The highest BCUT2D eigenvalue weighted by Crippen LogP contribution is 2.24. The van der Waals surface area contributed by atoms with Crippen LogP contribution in [0.5, 0.6) is 0 Å². The summed E-state index contributed by atoms with van der Waals surface area (Å²) >= 11 is 0. The lowest BCUT2D eigenvalue weighted by molar-refractivity contribution is 0.0290. The molecule has 0 amide bonds. The number of ether oxygens (including phenoxy) is 1. The Balaban J connectivity index is 2.12. The van der Waals surface area contributed by atoms with Crippen molar-refractivity contribution < 1.29 is 13.2 Å². The summed E-state index contributed by atoms with van der Waals surface area (Å²) in [6, 6.07) is 3.07. The minimum Gasteiger partial charge on any atom is -0.383 e. The molecule has 1 aliphatic rings. The average molecular weight is 285 g/mol. The Morgan fingerprint density at radius 1 is 1.47 bits per heavy atom. The summed E-state index contributed by atoms with van der Waals surface area (Å²) in [5.41, 5.74) is 5.65. The van der Waals surface area contributed by atoms with Gasteiger partial charge in [0.25, 0.3) is 0 Å². The van der Waals surface area contributed by atoms with Crippen LogP contribution in [0.1, 0.15) is 19.8 Å². The maximum Gasteiger partial charge on any atom is 0.246 e. The molecule has 19 heavy (non-hydrogen) atoms. The fourth-order valence-electron chi connectivity index (χ4n) is 2.23. The van der Waals surface area contributed by atoms with Crippen molar-refractivity contribution in [3.05, 3.63) is 18.3 Å². The van der Waals surface area contributed by atoms with Gasteiger partial charge in [0.15, 0.2) is 0 Å². The standard InChI is InChI=1S/C12H19N3O3S/c1-2-18-10-5-8-15(9-6-10)19(16,17)11-4-3-7-14-12(11)13/h3-4,7,10H,2,5-6,8-9H2,1H3,(H2,13,14). The smallest absolute Gasteiger partial charge is 0.246 e. The summed E-state index contributed by atoms with van der Waals surface area (Å²) in [6.07, 6.45) is 3.07. The Kier molecular flexibility index (Phi) is 4.38. The Morgan fingerprint density at radius 3 is 2.74 bits per heavy atom. The Labute approximate surface area is 113 Å². The molecule has 0 spiro atoms. The van der Waals surface area contributed by atoms with E-state index in [1.165, 1.54) is 16.6 Å². The molecule has 1 aliphatic heterocycles. The number of nitrogens with zero attached hydrogens (tertiary/aromatic N) is 2. The maximum atomic E-state index is 12.4. The van der Waals surface area contributed by atoms with Crippen LogP contribution in [0.4, 0.5) is 5.82 Å². The first-order valence-corrected chi connectivity index (χ1v) is 7.82. The molecule has 2 N–H and O–H groups in total. The zero-order valence-corrected chi connectivity index (χ0v) is 11.8. The van der Waals surface area contributed by atoms with E-state index in [1.54, 1.807) is 6.07 Å². The molecule has 0 atom stereocenters. The maximum absolute atomic E-state index is 12.4. The number of hydrogen-bond acceptors (Lipinski definition) is 5. The summed E-state index contributed by atoms with van der Waals surface area (Å²) in [6.45, 7) is 3.52. The minimum atomic E-state index is -3.54. The van der Waals surface area contributed by atoms with Crippen LogP contribution in [0.2, 0.25) is 0 Å². The molecule has 0 bridgehead atoms. The van der Waals surface area contributed by atoms with Crippen molar-refractivity contribution in [2.75, 3.05) is 25.4 Å². The number of pyridine rings is 1. The van der Waals surface area contributed by atoms with E-state index in [4.69, 9.17) is 10.5 Å². The molecule has 1 saturated heterocycles. The fourth-order valence-corrected chi connectivity index (χ4v) is 3.77. The van der Waals surface area contributed by atoms with E-state index >= 15 is 0 Å². The monoisotopic (exact) mass is 285 g/mol. The SMILES string of the molecule is CCOC1CCN(S(=O)(=O)c2cccnc2N)CC1. The van der Waals surface area contributed by atoms with Gasteiger partial charge in [-0.15, -0.1) is 0 Å². The van der Waals surface area contributed by atoms with Gasteiger partial charge in [-0.2, -0.15) is 4.31 Å². The van der Waals surface area contributed by atoms with Gasteiger partial charge in [-0.3, -0.25) is 0 Å². The van der Waals surface area contributed by atoms with Crippen LogP contribution in [-0.2, 0) is 14.8 Å². The predicted molar refractivity (Wildman–Crippen MR) is 72.1 cm³/mol. The van der Waals surface area contributed by atoms with Crippen LogP contribution in [0.25, 0.3) is 0 Å². The van der Waals surface area contributed by atoms with Crippen LogP contribution in [0, 0.1) is 0 Å². The van der Waals surface area contributed by atoms with Gasteiger partial charge in [-0.1, -0.05) is 0 Å². The molecular weight excluding hydrogens is 266 g/mol. The second-order valence-electron chi connectivity index (χ2n) is 4.45. The highest BCUT2D eigenvalue weighted by Gasteiger charge is 2.31. The molecule has 0 unspecified atom stereocenters. The van der Waals surface area contributed by atoms with E-state index in [2.05, 4.69) is 4.98 Å². The normalized spacial score (nSPS) is 18.6. The molecule has 6 nitrogen and oxygen atoms in total. The van der Waals surface area contributed by atoms with Crippen molar-refractivity contribution in [3.63, 3.8) is 0 Å². The molecule has 0 radical (unpaired) electrons. The highest BCUT2D eigenvalue weighted by molar-refractivity contribution is 7.89. The van der Waals surface area contributed by atoms with E-state index in [9.17, 15) is 8.42 Å². The second-order valence-corrected chi connectivity index (χ2v) is 6.35. The third-order valence-electron chi connectivity index (χ3n) is 3.22. The van der Waals surface area contributed by atoms with E-state index < -0.39 is 10.0 Å². The van der Waals surface area contributed by atoms with Crippen molar-refractivity contribution >= 4 is 15.8 Å². The van der Waals surface area contributed by atoms with Crippen LogP contribution < -0.4 is 5.73 Å². The van der Waals surface area contributed by atoms with Crippen LogP contribution in [-0.4, -0.2) is 43.5 Å². The molecule has 1 aromatic rings. The van der Waals surface area contributed by atoms with E-state index in [-0.39, 0.29) is 16.8 Å². The number of nitrogens with two attached hydrogens (primary N) is 1. The number of nitrogen functional groups attached to an aromatic ring is 1. The van der Waals surface area contributed by atoms with Gasteiger partial charge in [-0.05, 0) is 31.9 Å². The molecular formula is C12H19N3O3S. The summed E-state index contributed by atoms with van der Waals surface area (Å²) < 4.78 is 31.8. The zero-order chi connectivity index (χ0) is 13.9. The van der Waals surface area contributed by atoms with Gasteiger partial charge >= 0.3 is 0 Å². The van der Waals surface area contributed by atoms with Crippen molar-refractivity contribution in [3.8, 4) is 0 Å². The highest BCUT2D eigenvalue weighted by atomic mass is 32.2. The zero-order valence-electron chi connectivity index (χ0n) is 10.9. The van der Waals surface area contributed by atoms with Gasteiger partial charge in [-0.25, -0.2) is 13.4 Å². The minimum absolute atomic E-state index is 0.0504. The summed E-state index contributed by atoms with van der Waals surface area (Å²) in [5.74, 6) is 0.0504. The molecule has 7 heteroatoms. The summed E-state index contributed by atoms with van der Waals surface area (Å²) in [5, 5.41) is 0. The summed E-state index contributed by atoms with van der Waals surface area (Å²) in [4.78, 5) is 3.92. The fraction of sp³-hybridized carbons (Fsp3) is 0.583. The molecule has 2 rings (SSSR count). The van der Waals surface area contributed by atoms with Crippen LogP contribution >= 0.6 is 0 Å². The van der Waals surface area contributed by atoms with Crippen molar-refractivity contribution in [2.45, 2.75) is 30.8 Å². The third kappa shape index (κ3) is 3.05. The van der Waals surface area contributed by atoms with Crippen molar-refractivity contribution in [1.29, 1.82) is 0 Å². The van der Waals surface area contributed by atoms with Crippen molar-refractivity contribution in [1.82, 2.24) is 9.29 Å². The first-order chi connectivity index (χ1) is 9.05. The lowest BCUT2D eigenvalue weighted by Crippen LogP contribution is -2.41. The molecule has 0 aromatic carbocycles. The lowest BCUT2D eigenvalue weighted by Gasteiger charge is -2.31. The second kappa shape index (κ2) is 5.85. The molecule has 1 aromatic heterocycles. The van der Waals surface area contributed by atoms with E-state index in [0.717, 1.165) is 0 Å². The Bertz CT molecular complexity index is 525. The Morgan fingerprint density at radius 2 is 2.16 bits per heavy atom. The molecule has 1 fully saturated rings. The number of aromatic nitrogens is 1. The van der Waals surface area contributed by atoms with Gasteiger partial charge < -0.3 is 10.5 Å². The first kappa shape index (κ1) is 14.2. The molecule has 0 aliphatic carbocycles. The van der Waals surface area contributed by atoms with Crippen LogP contribution in [0.3, 0.4) is 0 Å².